The van der Waals surface area contributed by atoms with Gasteiger partial charge in [-0.1, -0.05) is 0 Å². The minimum Gasteiger partial charge on any atom is -0.357 e. The molecule has 2 fully saturated rings. The second-order valence-corrected chi connectivity index (χ2v) is 7.18. The van der Waals surface area contributed by atoms with Crippen LogP contribution in [0.15, 0.2) is 11.4 Å². The number of likely N-dealkylation sites (N-methyl/N-ethyl adjacent to an activating group) is 1. The summed E-state index contributed by atoms with van der Waals surface area (Å²) in [6, 6.07) is 1.55. The molecule has 8 heteroatoms. The average molecular weight is 338 g/mol. The van der Waals surface area contributed by atoms with Crippen molar-refractivity contribution in [1.29, 1.82) is 0 Å². The first kappa shape index (κ1) is 16.2. The topological polar surface area (TPSA) is 69.9 Å². The van der Waals surface area contributed by atoms with Gasteiger partial charge in [-0.3, -0.25) is 14.9 Å². The molecular formula is C15H22N4O3S. The van der Waals surface area contributed by atoms with Crippen LogP contribution in [0, 0.1) is 16.0 Å². The minimum absolute atomic E-state index is 0.0474. The maximum Gasteiger partial charge on any atom is 0.303 e. The van der Waals surface area contributed by atoms with Gasteiger partial charge in [0.05, 0.1) is 10.8 Å². The lowest BCUT2D eigenvalue weighted by atomic mass is 9.96. The number of anilines is 1. The Kier molecular flexibility index (Phi) is 4.82. The molecule has 0 N–H and O–H groups in total. The zero-order chi connectivity index (χ0) is 16.4. The average Bonchev–Trinajstić information content (AvgIpc) is 3.05. The molecule has 126 valence electrons. The molecule has 0 radical (unpaired) electrons. The van der Waals surface area contributed by atoms with Crippen LogP contribution in [0.25, 0.3) is 0 Å². The maximum atomic E-state index is 12.7. The van der Waals surface area contributed by atoms with Crippen molar-refractivity contribution >= 4 is 27.9 Å². The van der Waals surface area contributed by atoms with Gasteiger partial charge in [0.1, 0.15) is 0 Å². The Bertz CT molecular complexity index is 583. The normalized spacial score (nSPS) is 23.1. The lowest BCUT2D eigenvalue weighted by Crippen LogP contribution is -2.51. The number of rotatable bonds is 3. The fourth-order valence-corrected chi connectivity index (χ4v) is 4.22. The molecule has 0 aromatic carbocycles. The summed E-state index contributed by atoms with van der Waals surface area (Å²) in [4.78, 5) is 29.7. The summed E-state index contributed by atoms with van der Waals surface area (Å²) >= 11 is 1.39. The van der Waals surface area contributed by atoms with E-state index < -0.39 is 0 Å². The summed E-state index contributed by atoms with van der Waals surface area (Å²) in [6.07, 6.45) is 1.78. The summed E-state index contributed by atoms with van der Waals surface area (Å²) in [5.74, 6) is 0.163. The maximum absolute atomic E-state index is 12.7. The predicted molar refractivity (Wildman–Crippen MR) is 90.0 cm³/mol. The van der Waals surface area contributed by atoms with E-state index in [1.165, 1.54) is 11.3 Å². The summed E-state index contributed by atoms with van der Waals surface area (Å²) < 4.78 is 0. The van der Waals surface area contributed by atoms with Gasteiger partial charge >= 0.3 is 5.69 Å². The lowest BCUT2D eigenvalue weighted by Gasteiger charge is -2.38. The second-order valence-electron chi connectivity index (χ2n) is 6.28. The van der Waals surface area contributed by atoms with Crippen LogP contribution in [-0.2, 0) is 4.79 Å². The molecule has 0 saturated carbocycles. The van der Waals surface area contributed by atoms with Gasteiger partial charge in [-0.25, -0.2) is 0 Å². The first-order valence-corrected chi connectivity index (χ1v) is 8.88. The van der Waals surface area contributed by atoms with E-state index in [2.05, 4.69) is 11.9 Å². The summed E-state index contributed by atoms with van der Waals surface area (Å²) in [5.41, 5.74) is 0.155. The van der Waals surface area contributed by atoms with E-state index in [0.29, 0.717) is 11.5 Å². The summed E-state index contributed by atoms with van der Waals surface area (Å²) in [5, 5.41) is 13.6. The van der Waals surface area contributed by atoms with Crippen LogP contribution >= 0.6 is 11.3 Å². The summed E-state index contributed by atoms with van der Waals surface area (Å²) in [7, 11) is 2.07. The number of piperazine rings is 1. The van der Waals surface area contributed by atoms with E-state index in [-0.39, 0.29) is 22.4 Å². The molecule has 1 aromatic rings. The molecular weight excluding hydrogens is 316 g/mol. The first-order chi connectivity index (χ1) is 11.1. The number of hydrogen-bond acceptors (Lipinski definition) is 6. The third-order valence-corrected chi connectivity index (χ3v) is 5.66. The highest BCUT2D eigenvalue weighted by molar-refractivity contribution is 7.14. The highest BCUT2D eigenvalue weighted by Gasteiger charge is 2.33. The Hall–Kier alpha value is -1.67. The highest BCUT2D eigenvalue weighted by Crippen LogP contribution is 2.36. The number of thiophene rings is 1. The van der Waals surface area contributed by atoms with Gasteiger partial charge in [0, 0.05) is 45.3 Å². The molecule has 0 spiro atoms. The quantitative estimate of drug-likeness (QED) is 0.619. The van der Waals surface area contributed by atoms with Crippen LogP contribution in [-0.4, -0.2) is 66.9 Å². The number of nitro groups is 1. The van der Waals surface area contributed by atoms with Gasteiger partial charge < -0.3 is 14.7 Å². The molecule has 1 unspecified atom stereocenters. The van der Waals surface area contributed by atoms with E-state index in [1.807, 2.05) is 9.80 Å². The number of amides is 1. The largest absolute Gasteiger partial charge is 0.357 e. The number of hydrogen-bond donors (Lipinski definition) is 0. The van der Waals surface area contributed by atoms with Gasteiger partial charge in [-0.05, 0) is 25.3 Å². The molecule has 1 amide bonds. The molecule has 3 rings (SSSR count). The van der Waals surface area contributed by atoms with E-state index in [9.17, 15) is 14.9 Å². The molecule has 23 heavy (non-hydrogen) atoms. The van der Waals surface area contributed by atoms with Gasteiger partial charge in [-0.2, -0.15) is 0 Å². The van der Waals surface area contributed by atoms with Crippen LogP contribution < -0.4 is 4.90 Å². The van der Waals surface area contributed by atoms with Crippen molar-refractivity contribution in [3.8, 4) is 0 Å². The monoisotopic (exact) mass is 338 g/mol. The van der Waals surface area contributed by atoms with Crippen molar-refractivity contribution < 1.29 is 9.72 Å². The standard InChI is InChI=1S/C15H22N4O3S/c1-16-6-8-17(9-7-16)14(20)12-3-2-5-18(11-12)15-13(19(21)22)4-10-23-15/h4,10,12H,2-3,5-9,11H2,1H3. The van der Waals surface area contributed by atoms with E-state index in [0.717, 1.165) is 45.6 Å². The Morgan fingerprint density at radius 1 is 1.30 bits per heavy atom. The summed E-state index contributed by atoms with van der Waals surface area (Å²) in [6.45, 7) is 4.77. The first-order valence-electron chi connectivity index (χ1n) is 8.00. The molecule has 0 aliphatic carbocycles. The molecule has 0 bridgehead atoms. The van der Waals surface area contributed by atoms with Gasteiger partial charge in [0.2, 0.25) is 5.91 Å². The van der Waals surface area contributed by atoms with E-state index in [1.54, 1.807) is 11.4 Å². The fraction of sp³-hybridized carbons (Fsp3) is 0.667. The number of nitrogens with zero attached hydrogens (tertiary/aromatic N) is 4. The Morgan fingerprint density at radius 2 is 2.04 bits per heavy atom. The van der Waals surface area contributed by atoms with Crippen LogP contribution in [0.1, 0.15) is 12.8 Å². The van der Waals surface area contributed by atoms with Crippen molar-refractivity contribution in [3.63, 3.8) is 0 Å². The van der Waals surface area contributed by atoms with E-state index in [4.69, 9.17) is 0 Å². The molecule has 1 aromatic heterocycles. The Balaban J connectivity index is 1.67. The molecule has 2 aliphatic rings. The molecule has 1 atom stereocenters. The lowest BCUT2D eigenvalue weighted by molar-refractivity contribution is -0.383. The van der Waals surface area contributed by atoms with Gasteiger partial charge in [0.25, 0.3) is 0 Å². The SMILES string of the molecule is CN1CCN(C(=O)C2CCCN(c3sccc3[N+](=O)[O-])C2)CC1. The van der Waals surface area contributed by atoms with Crippen LogP contribution in [0.2, 0.25) is 0 Å². The predicted octanol–water partition coefficient (Wildman–Crippen LogP) is 1.65. The van der Waals surface area contributed by atoms with Crippen molar-refractivity contribution in [1.82, 2.24) is 9.80 Å². The van der Waals surface area contributed by atoms with Gasteiger partial charge in [0.15, 0.2) is 5.00 Å². The number of piperidine rings is 1. The third kappa shape index (κ3) is 3.48. The van der Waals surface area contributed by atoms with Gasteiger partial charge in [-0.15, -0.1) is 11.3 Å². The minimum atomic E-state index is -0.336. The van der Waals surface area contributed by atoms with Crippen molar-refractivity contribution in [2.75, 3.05) is 51.2 Å². The van der Waals surface area contributed by atoms with Crippen molar-refractivity contribution in [2.45, 2.75) is 12.8 Å². The Morgan fingerprint density at radius 3 is 2.74 bits per heavy atom. The smallest absolute Gasteiger partial charge is 0.303 e. The molecule has 2 aliphatic heterocycles. The van der Waals surface area contributed by atoms with Crippen LogP contribution in [0.5, 0.6) is 0 Å². The van der Waals surface area contributed by atoms with Crippen molar-refractivity contribution in [2.24, 2.45) is 5.92 Å². The number of carbonyl (C=O) groups excluding carboxylic acids is 1. The highest BCUT2D eigenvalue weighted by atomic mass is 32.1. The van der Waals surface area contributed by atoms with Crippen molar-refractivity contribution in [3.05, 3.63) is 21.6 Å². The fourth-order valence-electron chi connectivity index (χ4n) is 3.32. The number of carbonyl (C=O) groups is 1. The zero-order valence-electron chi connectivity index (χ0n) is 13.3. The van der Waals surface area contributed by atoms with Crippen LogP contribution in [0.4, 0.5) is 10.7 Å². The molecule has 7 nitrogen and oxygen atoms in total. The molecule has 3 heterocycles. The molecule has 2 saturated heterocycles. The third-order valence-electron chi connectivity index (χ3n) is 4.69. The Labute approximate surface area is 139 Å². The second kappa shape index (κ2) is 6.84. The zero-order valence-corrected chi connectivity index (χ0v) is 14.1. The van der Waals surface area contributed by atoms with Crippen LogP contribution in [0.3, 0.4) is 0 Å². The van der Waals surface area contributed by atoms with E-state index >= 15 is 0 Å².